The summed E-state index contributed by atoms with van der Waals surface area (Å²) in [6, 6.07) is 34.2. The van der Waals surface area contributed by atoms with E-state index in [4.69, 9.17) is 24.4 Å². The zero-order valence-corrected chi connectivity index (χ0v) is 25.4. The predicted molar refractivity (Wildman–Crippen MR) is 179 cm³/mol. The maximum absolute atomic E-state index is 9.42. The smallest absolute Gasteiger partial charge is 0.216 e. The Morgan fingerprint density at radius 1 is 0.500 bits per heavy atom. The highest BCUT2D eigenvalue weighted by atomic mass is 16.5. The maximum atomic E-state index is 9.42. The van der Waals surface area contributed by atoms with Gasteiger partial charge in [-0.1, -0.05) is 78.9 Å². The van der Waals surface area contributed by atoms with E-state index in [1.807, 2.05) is 119 Å². The average molecular weight is 580 g/mol. The van der Waals surface area contributed by atoms with E-state index >= 15 is 0 Å². The van der Waals surface area contributed by atoms with E-state index in [1.165, 1.54) is 0 Å². The molecule has 0 fully saturated rings. The summed E-state index contributed by atoms with van der Waals surface area (Å²) in [5, 5.41) is 0. The van der Waals surface area contributed by atoms with E-state index in [1.54, 1.807) is 0 Å². The van der Waals surface area contributed by atoms with Gasteiger partial charge < -0.3 is 9.47 Å². The number of rotatable bonds is 6. The van der Waals surface area contributed by atoms with Gasteiger partial charge >= 0.3 is 0 Å². The minimum absolute atomic E-state index is 0.189. The number of hydrogen-bond acceptors (Lipinski definition) is 5. The first-order valence-electron chi connectivity index (χ1n) is 15.9. The number of aromatic nitrogens is 1. The monoisotopic (exact) mass is 579 g/mol. The first kappa shape index (κ1) is 25.5. The van der Waals surface area contributed by atoms with E-state index in [-0.39, 0.29) is 23.2 Å². The lowest BCUT2D eigenvalue weighted by Gasteiger charge is -2.12. The molecule has 218 valence electrons. The SMILES string of the molecule is [2H]c1c(-c2cccc(C3=NC(C)(C)CO3)c2)nc(-c2cccc(C3=NC(C)(C)CO3)c2)c([2H])c1-c1ccc(-c2ccccc2)cc1. The molecule has 0 saturated heterocycles. The van der Waals surface area contributed by atoms with Crippen molar-refractivity contribution in [1.82, 2.24) is 4.98 Å². The van der Waals surface area contributed by atoms with Crippen molar-refractivity contribution in [2.75, 3.05) is 13.2 Å². The molecule has 7 rings (SSSR count). The van der Waals surface area contributed by atoms with Crippen molar-refractivity contribution in [3.05, 3.63) is 126 Å². The van der Waals surface area contributed by atoms with Crippen LogP contribution in [0.25, 0.3) is 44.8 Å². The van der Waals surface area contributed by atoms with Gasteiger partial charge in [-0.2, -0.15) is 0 Å². The van der Waals surface area contributed by atoms with Crippen LogP contribution in [0.2, 0.25) is 0 Å². The van der Waals surface area contributed by atoms with E-state index in [0.717, 1.165) is 38.9 Å². The topological polar surface area (TPSA) is 56.1 Å². The van der Waals surface area contributed by atoms with Gasteiger partial charge in [0.15, 0.2) is 0 Å². The molecule has 0 spiro atoms. The fourth-order valence-corrected chi connectivity index (χ4v) is 5.38. The lowest BCUT2D eigenvalue weighted by Crippen LogP contribution is -2.17. The molecular weight excluding hydrogens is 542 g/mol. The van der Waals surface area contributed by atoms with Crippen LogP contribution in [0, 0.1) is 0 Å². The summed E-state index contributed by atoms with van der Waals surface area (Å²) >= 11 is 0. The van der Waals surface area contributed by atoms with Crippen molar-refractivity contribution in [3.63, 3.8) is 0 Å². The molecule has 0 N–H and O–H groups in total. The van der Waals surface area contributed by atoms with Gasteiger partial charge in [0.1, 0.15) is 13.2 Å². The second-order valence-electron chi connectivity index (χ2n) is 12.6. The Kier molecular flexibility index (Phi) is 6.31. The van der Waals surface area contributed by atoms with Gasteiger partial charge in [-0.3, -0.25) is 0 Å². The van der Waals surface area contributed by atoms with Crippen LogP contribution in [0.15, 0.2) is 125 Å². The van der Waals surface area contributed by atoms with Crippen LogP contribution >= 0.6 is 0 Å². The van der Waals surface area contributed by atoms with Gasteiger partial charge in [-0.05, 0) is 86.3 Å². The van der Waals surface area contributed by atoms with Gasteiger partial charge in [-0.25, -0.2) is 15.0 Å². The Labute approximate surface area is 261 Å². The molecule has 2 aliphatic heterocycles. The lowest BCUT2D eigenvalue weighted by molar-refractivity contribution is 0.279. The van der Waals surface area contributed by atoms with Crippen molar-refractivity contribution < 1.29 is 12.2 Å². The summed E-state index contributed by atoms with van der Waals surface area (Å²) in [4.78, 5) is 14.5. The molecule has 0 radical (unpaired) electrons. The molecular formula is C39H35N3O2. The van der Waals surface area contributed by atoms with Crippen molar-refractivity contribution >= 4 is 11.8 Å². The molecule has 0 unspecified atom stereocenters. The molecule has 0 saturated carbocycles. The molecule has 3 heterocycles. The van der Waals surface area contributed by atoms with Gasteiger partial charge in [-0.15, -0.1) is 0 Å². The Balaban J connectivity index is 1.39. The quantitative estimate of drug-likeness (QED) is 0.202. The molecule has 5 nitrogen and oxygen atoms in total. The second kappa shape index (κ2) is 10.9. The van der Waals surface area contributed by atoms with Gasteiger partial charge in [0.05, 0.1) is 25.2 Å². The molecule has 0 aliphatic carbocycles. The van der Waals surface area contributed by atoms with Crippen LogP contribution in [-0.4, -0.2) is 41.1 Å². The van der Waals surface area contributed by atoms with Crippen LogP contribution in [0.4, 0.5) is 0 Å². The zero-order valence-electron chi connectivity index (χ0n) is 27.4. The number of hydrogen-bond donors (Lipinski definition) is 0. The molecule has 0 amide bonds. The highest BCUT2D eigenvalue weighted by molar-refractivity contribution is 5.97. The molecule has 2 aliphatic rings. The third-order valence-corrected chi connectivity index (χ3v) is 7.69. The van der Waals surface area contributed by atoms with Crippen LogP contribution < -0.4 is 0 Å². The number of benzene rings is 4. The summed E-state index contributed by atoms with van der Waals surface area (Å²) in [6.45, 7) is 9.19. The van der Waals surface area contributed by atoms with Crippen molar-refractivity contribution in [2.24, 2.45) is 9.98 Å². The Hall–Kier alpha value is -5.03. The molecule has 5 heteroatoms. The van der Waals surface area contributed by atoms with Crippen LogP contribution in [0.1, 0.15) is 41.6 Å². The predicted octanol–water partition coefficient (Wildman–Crippen LogP) is 8.86. The minimum atomic E-state index is -0.295. The first-order valence-corrected chi connectivity index (χ1v) is 14.9. The Bertz CT molecular complexity index is 1910. The molecule has 44 heavy (non-hydrogen) atoms. The van der Waals surface area contributed by atoms with E-state index in [9.17, 15) is 2.74 Å². The summed E-state index contributed by atoms with van der Waals surface area (Å²) in [5.74, 6) is 1.17. The highest BCUT2D eigenvalue weighted by Gasteiger charge is 2.28. The van der Waals surface area contributed by atoms with Crippen molar-refractivity contribution in [1.29, 1.82) is 0 Å². The van der Waals surface area contributed by atoms with Crippen LogP contribution in [-0.2, 0) is 9.47 Å². The van der Waals surface area contributed by atoms with Crippen molar-refractivity contribution in [3.8, 4) is 44.8 Å². The lowest BCUT2D eigenvalue weighted by atomic mass is 9.97. The molecule has 0 atom stereocenters. The normalized spacial score (nSPS) is 17.2. The molecule has 5 aromatic rings. The van der Waals surface area contributed by atoms with Crippen LogP contribution in [0.3, 0.4) is 0 Å². The van der Waals surface area contributed by atoms with Gasteiger partial charge in [0.2, 0.25) is 11.8 Å². The molecule has 4 aromatic carbocycles. The third kappa shape index (κ3) is 5.78. The molecule has 1 aromatic heterocycles. The number of ether oxygens (including phenoxy) is 2. The van der Waals surface area contributed by atoms with Gasteiger partial charge in [0.25, 0.3) is 0 Å². The van der Waals surface area contributed by atoms with E-state index in [0.29, 0.717) is 42.0 Å². The first-order chi connectivity index (χ1) is 22.1. The number of nitrogens with zero attached hydrogens (tertiary/aromatic N) is 3. The van der Waals surface area contributed by atoms with Crippen LogP contribution in [0.5, 0.6) is 0 Å². The highest BCUT2D eigenvalue weighted by Crippen LogP contribution is 2.33. The number of pyridine rings is 1. The average Bonchev–Trinajstić information content (AvgIpc) is 3.62. The minimum Gasteiger partial charge on any atom is -0.475 e. The van der Waals surface area contributed by atoms with E-state index in [2.05, 4.69) is 12.1 Å². The summed E-state index contributed by atoms with van der Waals surface area (Å²) in [5.41, 5.74) is 7.01. The second-order valence-corrected chi connectivity index (χ2v) is 12.6. The molecule has 0 bridgehead atoms. The fourth-order valence-electron chi connectivity index (χ4n) is 5.38. The standard InChI is InChI=1S/C39H35N3O2/c1-38(2)24-43-36(41-38)31-14-8-12-29(20-31)34-22-33(28-18-16-27(17-19-28)26-10-6-5-7-11-26)23-35(40-34)30-13-9-15-32(21-30)37-42-39(3,4)25-44-37/h5-23H,24-25H2,1-4H3/i22D,23D. The van der Waals surface area contributed by atoms with Crippen molar-refractivity contribution in [2.45, 2.75) is 38.8 Å². The Morgan fingerprint density at radius 2 is 0.909 bits per heavy atom. The largest absolute Gasteiger partial charge is 0.475 e. The van der Waals surface area contributed by atoms with Gasteiger partial charge in [0, 0.05) is 22.3 Å². The summed E-state index contributed by atoms with van der Waals surface area (Å²) < 4.78 is 30.7. The third-order valence-electron chi connectivity index (χ3n) is 7.69. The zero-order chi connectivity index (χ0) is 32.1. The summed E-state index contributed by atoms with van der Waals surface area (Å²) in [6.07, 6.45) is 0. The summed E-state index contributed by atoms with van der Waals surface area (Å²) in [7, 11) is 0. The maximum Gasteiger partial charge on any atom is 0.216 e. The number of aliphatic imine (C=N–C) groups is 2. The fraction of sp³-hybridized carbons (Fsp3) is 0.205. The Morgan fingerprint density at radius 3 is 1.36 bits per heavy atom. The van der Waals surface area contributed by atoms with E-state index < -0.39 is 0 Å².